The molecule has 2 rings (SSSR count). The smallest absolute Gasteiger partial charge is 0.406 e. The molecule has 6 heteroatoms. The number of hydrogen-bond donors (Lipinski definition) is 2. The molecule has 1 saturated carbocycles. The molecule has 118 valence electrons. The summed E-state index contributed by atoms with van der Waals surface area (Å²) in [4.78, 5) is 0. The number of benzene rings is 1. The van der Waals surface area contributed by atoms with Crippen molar-refractivity contribution < 1.29 is 23.0 Å². The van der Waals surface area contributed by atoms with E-state index in [2.05, 4.69) is 10.1 Å². The Balaban J connectivity index is 1.89. The van der Waals surface area contributed by atoms with E-state index < -0.39 is 12.0 Å². The molecule has 1 fully saturated rings. The summed E-state index contributed by atoms with van der Waals surface area (Å²) >= 11 is 0. The van der Waals surface area contributed by atoms with E-state index >= 15 is 0 Å². The highest BCUT2D eigenvalue weighted by atomic mass is 19.4. The maximum atomic E-state index is 12.1. The van der Waals surface area contributed by atoms with Gasteiger partial charge in [-0.25, -0.2) is 0 Å². The Morgan fingerprint density at radius 2 is 1.81 bits per heavy atom. The van der Waals surface area contributed by atoms with Crippen LogP contribution < -0.4 is 10.1 Å². The van der Waals surface area contributed by atoms with Crippen molar-refractivity contribution in [2.24, 2.45) is 0 Å². The molecule has 1 aromatic rings. The molecule has 1 unspecified atom stereocenters. The van der Waals surface area contributed by atoms with Gasteiger partial charge < -0.3 is 15.2 Å². The van der Waals surface area contributed by atoms with Crippen LogP contribution in [0, 0.1) is 0 Å². The van der Waals surface area contributed by atoms with Crippen LogP contribution in [0.4, 0.5) is 13.2 Å². The van der Waals surface area contributed by atoms with Crippen molar-refractivity contribution in [3.63, 3.8) is 0 Å². The zero-order valence-corrected chi connectivity index (χ0v) is 11.9. The van der Waals surface area contributed by atoms with E-state index in [1.165, 1.54) is 12.1 Å². The van der Waals surface area contributed by atoms with E-state index in [0.29, 0.717) is 6.54 Å². The molecule has 0 heterocycles. The van der Waals surface area contributed by atoms with E-state index in [1.54, 1.807) is 12.1 Å². The molecular weight excluding hydrogens is 283 g/mol. The maximum Gasteiger partial charge on any atom is 0.573 e. The molecule has 0 aromatic heterocycles. The fraction of sp³-hybridized carbons (Fsp3) is 0.600. The number of halogens is 3. The molecule has 21 heavy (non-hydrogen) atoms. The maximum absolute atomic E-state index is 12.1. The molecular formula is C15H20F3NO2. The van der Waals surface area contributed by atoms with Crippen molar-refractivity contribution in [3.8, 4) is 5.75 Å². The second kappa shape index (κ2) is 6.23. The third kappa shape index (κ3) is 4.89. The number of ether oxygens (including phenoxy) is 1. The Hall–Kier alpha value is -1.27. The first-order valence-electron chi connectivity index (χ1n) is 7.09. The van der Waals surface area contributed by atoms with Gasteiger partial charge in [0.15, 0.2) is 0 Å². The van der Waals surface area contributed by atoms with Gasteiger partial charge in [-0.2, -0.15) is 0 Å². The Kier molecular flexibility index (Phi) is 4.78. The average Bonchev–Trinajstić information content (AvgIpc) is 2.82. The monoisotopic (exact) mass is 303 g/mol. The van der Waals surface area contributed by atoms with Gasteiger partial charge in [-0.05, 0) is 37.5 Å². The van der Waals surface area contributed by atoms with Gasteiger partial charge in [0.25, 0.3) is 0 Å². The van der Waals surface area contributed by atoms with Gasteiger partial charge in [-0.1, -0.05) is 25.0 Å². The van der Waals surface area contributed by atoms with E-state index in [1.807, 2.05) is 6.92 Å². The van der Waals surface area contributed by atoms with Crippen LogP contribution >= 0.6 is 0 Å². The Morgan fingerprint density at radius 1 is 1.24 bits per heavy atom. The van der Waals surface area contributed by atoms with Crippen LogP contribution in [0.2, 0.25) is 0 Å². The normalized spacial score (nSPS) is 19.5. The highest BCUT2D eigenvalue weighted by Gasteiger charge is 2.32. The molecule has 0 spiro atoms. The van der Waals surface area contributed by atoms with Gasteiger partial charge in [0.1, 0.15) is 5.75 Å². The third-order valence-electron chi connectivity index (χ3n) is 3.89. The van der Waals surface area contributed by atoms with E-state index in [4.69, 9.17) is 0 Å². The van der Waals surface area contributed by atoms with Crippen LogP contribution in [0.15, 0.2) is 24.3 Å². The lowest BCUT2D eigenvalue weighted by Gasteiger charge is -2.25. The number of hydrogen-bond acceptors (Lipinski definition) is 3. The minimum atomic E-state index is -4.67. The standard InChI is InChI=1S/C15H20F3NO2/c1-11(19-10-14(20)8-2-3-9-14)12-4-6-13(7-5-12)21-15(16,17)18/h4-7,11,19-20H,2-3,8-10H2,1H3. The largest absolute Gasteiger partial charge is 0.573 e. The first kappa shape index (κ1) is 16.1. The van der Waals surface area contributed by atoms with Crippen LogP contribution in [0.3, 0.4) is 0 Å². The molecule has 0 aliphatic heterocycles. The second-order valence-electron chi connectivity index (χ2n) is 5.65. The zero-order chi connectivity index (χ0) is 15.5. The topological polar surface area (TPSA) is 41.5 Å². The summed E-state index contributed by atoms with van der Waals surface area (Å²) < 4.78 is 40.1. The van der Waals surface area contributed by atoms with Gasteiger partial charge in [-0.15, -0.1) is 13.2 Å². The average molecular weight is 303 g/mol. The third-order valence-corrected chi connectivity index (χ3v) is 3.89. The first-order chi connectivity index (χ1) is 9.77. The molecule has 0 saturated heterocycles. The lowest BCUT2D eigenvalue weighted by Crippen LogP contribution is -2.39. The lowest BCUT2D eigenvalue weighted by atomic mass is 10.0. The molecule has 0 amide bonds. The van der Waals surface area contributed by atoms with Gasteiger partial charge in [0.2, 0.25) is 0 Å². The molecule has 1 atom stereocenters. The summed E-state index contributed by atoms with van der Waals surface area (Å²) in [6.07, 6.45) is -1.00. The fourth-order valence-electron chi connectivity index (χ4n) is 2.63. The molecule has 1 aliphatic carbocycles. The Morgan fingerprint density at radius 3 is 2.33 bits per heavy atom. The quantitative estimate of drug-likeness (QED) is 0.874. The number of alkyl halides is 3. The summed E-state index contributed by atoms with van der Waals surface area (Å²) in [5.41, 5.74) is 0.208. The van der Waals surface area contributed by atoms with Crippen LogP contribution in [0.25, 0.3) is 0 Å². The molecule has 0 radical (unpaired) electrons. The fourth-order valence-corrected chi connectivity index (χ4v) is 2.63. The molecule has 3 nitrogen and oxygen atoms in total. The summed E-state index contributed by atoms with van der Waals surface area (Å²) in [5, 5.41) is 13.5. The molecule has 1 aliphatic rings. The van der Waals surface area contributed by atoms with Crippen LogP contribution in [0.1, 0.15) is 44.2 Å². The predicted molar refractivity (Wildman–Crippen MR) is 73.0 cm³/mol. The van der Waals surface area contributed by atoms with Crippen molar-refractivity contribution >= 4 is 0 Å². The van der Waals surface area contributed by atoms with Gasteiger partial charge in [0, 0.05) is 12.6 Å². The van der Waals surface area contributed by atoms with Gasteiger partial charge in [0.05, 0.1) is 5.60 Å². The first-order valence-corrected chi connectivity index (χ1v) is 7.09. The highest BCUT2D eigenvalue weighted by Crippen LogP contribution is 2.29. The molecule has 1 aromatic carbocycles. The summed E-state index contributed by atoms with van der Waals surface area (Å²) in [6, 6.07) is 5.74. The highest BCUT2D eigenvalue weighted by molar-refractivity contribution is 5.29. The summed E-state index contributed by atoms with van der Waals surface area (Å²) in [7, 11) is 0. The van der Waals surface area contributed by atoms with Crippen LogP contribution in [-0.4, -0.2) is 23.6 Å². The zero-order valence-electron chi connectivity index (χ0n) is 11.9. The van der Waals surface area contributed by atoms with Crippen molar-refractivity contribution in [1.29, 1.82) is 0 Å². The van der Waals surface area contributed by atoms with Gasteiger partial charge in [-0.3, -0.25) is 0 Å². The van der Waals surface area contributed by atoms with Crippen LogP contribution in [0.5, 0.6) is 5.75 Å². The van der Waals surface area contributed by atoms with E-state index in [-0.39, 0.29) is 11.8 Å². The minimum Gasteiger partial charge on any atom is -0.406 e. The number of nitrogens with one attached hydrogen (secondary N) is 1. The summed E-state index contributed by atoms with van der Waals surface area (Å²) in [6.45, 7) is 2.41. The SMILES string of the molecule is CC(NCC1(O)CCCC1)c1ccc(OC(F)(F)F)cc1. The summed E-state index contributed by atoms with van der Waals surface area (Å²) in [5.74, 6) is -0.229. The van der Waals surface area contributed by atoms with Crippen molar-refractivity contribution in [2.75, 3.05) is 6.54 Å². The molecule has 2 N–H and O–H groups in total. The van der Waals surface area contributed by atoms with Crippen LogP contribution in [-0.2, 0) is 0 Å². The van der Waals surface area contributed by atoms with Gasteiger partial charge >= 0.3 is 6.36 Å². The second-order valence-corrected chi connectivity index (χ2v) is 5.65. The van der Waals surface area contributed by atoms with E-state index in [0.717, 1.165) is 31.2 Å². The lowest BCUT2D eigenvalue weighted by molar-refractivity contribution is -0.274. The van der Waals surface area contributed by atoms with Crippen molar-refractivity contribution in [3.05, 3.63) is 29.8 Å². The number of aliphatic hydroxyl groups is 1. The van der Waals surface area contributed by atoms with Crippen molar-refractivity contribution in [1.82, 2.24) is 5.32 Å². The predicted octanol–water partition coefficient (Wildman–Crippen LogP) is 3.54. The number of rotatable bonds is 5. The Labute approximate surface area is 122 Å². The van der Waals surface area contributed by atoms with Crippen molar-refractivity contribution in [2.45, 2.75) is 50.6 Å². The van der Waals surface area contributed by atoms with E-state index in [9.17, 15) is 18.3 Å². The Bertz CT molecular complexity index is 453. The molecule has 0 bridgehead atoms. The minimum absolute atomic E-state index is 0.0467.